The van der Waals surface area contributed by atoms with Crippen molar-refractivity contribution in [1.29, 1.82) is 0 Å². The lowest BCUT2D eigenvalue weighted by molar-refractivity contribution is -0.387. The highest BCUT2D eigenvalue weighted by atomic mass is 35.5. The minimum atomic E-state index is -1.27. The summed E-state index contributed by atoms with van der Waals surface area (Å²) in [5.74, 6) is -2.64. The molecule has 9 nitrogen and oxygen atoms in total. The zero-order valence-corrected chi connectivity index (χ0v) is 18.7. The highest BCUT2D eigenvalue weighted by molar-refractivity contribution is 6.32. The summed E-state index contributed by atoms with van der Waals surface area (Å²) in [4.78, 5) is 35.0. The molecular formula is C22H20ClFN4O5. The molecule has 1 unspecified atom stereocenters. The van der Waals surface area contributed by atoms with Gasteiger partial charge >= 0.3 is 11.7 Å². The van der Waals surface area contributed by atoms with Gasteiger partial charge in [-0.3, -0.25) is 14.9 Å². The predicted octanol–water partition coefficient (Wildman–Crippen LogP) is 4.43. The van der Waals surface area contributed by atoms with Crippen LogP contribution < -0.4 is 5.32 Å². The molecule has 33 heavy (non-hydrogen) atoms. The molecule has 11 heteroatoms. The van der Waals surface area contributed by atoms with E-state index >= 15 is 0 Å². The number of hydrogen-bond acceptors (Lipinski definition) is 6. The van der Waals surface area contributed by atoms with Crippen LogP contribution in [0.2, 0.25) is 5.15 Å². The topological polar surface area (TPSA) is 116 Å². The quantitative estimate of drug-likeness (QED) is 0.307. The molecule has 2 aromatic carbocycles. The average Bonchev–Trinajstić information content (AvgIpc) is 3.03. The average molecular weight is 475 g/mol. The maximum absolute atomic E-state index is 13.5. The molecule has 0 radical (unpaired) electrons. The van der Waals surface area contributed by atoms with Crippen molar-refractivity contribution in [2.75, 3.05) is 5.32 Å². The minimum Gasteiger partial charge on any atom is -0.449 e. The molecule has 172 valence electrons. The Morgan fingerprint density at radius 3 is 2.55 bits per heavy atom. The SMILES string of the molecule is Cc1ccc(Cn2nc(C)c(C(=O)OC(C)C(=O)Nc3ccc(F)c([N+](=O)[O-])c3)c2Cl)cc1. The van der Waals surface area contributed by atoms with Crippen molar-refractivity contribution < 1.29 is 23.6 Å². The molecule has 1 atom stereocenters. The zero-order valence-electron chi connectivity index (χ0n) is 18.0. The summed E-state index contributed by atoms with van der Waals surface area (Å²) in [5.41, 5.74) is 1.59. The molecule has 3 rings (SSSR count). The molecule has 0 aliphatic heterocycles. The maximum atomic E-state index is 13.5. The van der Waals surface area contributed by atoms with Crippen molar-refractivity contribution in [1.82, 2.24) is 9.78 Å². The van der Waals surface area contributed by atoms with Crippen molar-refractivity contribution >= 4 is 34.9 Å². The molecule has 1 amide bonds. The molecule has 3 aromatic rings. The molecule has 1 aromatic heterocycles. The molecule has 0 fully saturated rings. The Kier molecular flexibility index (Phi) is 7.07. The first-order valence-electron chi connectivity index (χ1n) is 9.81. The van der Waals surface area contributed by atoms with Gasteiger partial charge in [0.15, 0.2) is 6.10 Å². The van der Waals surface area contributed by atoms with Crippen LogP contribution in [-0.2, 0) is 16.1 Å². The van der Waals surface area contributed by atoms with Crippen molar-refractivity contribution in [3.63, 3.8) is 0 Å². The standard InChI is InChI=1S/C22H20ClFN4O5/c1-12-4-6-15(7-5-12)11-27-20(23)19(13(2)26-27)22(30)33-14(3)21(29)25-16-8-9-17(24)18(10-16)28(31)32/h4-10,14H,11H2,1-3H3,(H,25,29). The van der Waals surface area contributed by atoms with Crippen LogP contribution in [0.15, 0.2) is 42.5 Å². The van der Waals surface area contributed by atoms with E-state index in [1.165, 1.54) is 11.6 Å². The molecule has 1 heterocycles. The Hall–Kier alpha value is -3.79. The van der Waals surface area contributed by atoms with Gasteiger partial charge in [-0.25, -0.2) is 9.48 Å². The monoisotopic (exact) mass is 474 g/mol. The van der Waals surface area contributed by atoms with E-state index in [9.17, 15) is 24.1 Å². The van der Waals surface area contributed by atoms with Gasteiger partial charge in [0.25, 0.3) is 5.91 Å². The van der Waals surface area contributed by atoms with Crippen LogP contribution in [0.5, 0.6) is 0 Å². The number of ether oxygens (including phenoxy) is 1. The number of carbonyl (C=O) groups excluding carboxylic acids is 2. The van der Waals surface area contributed by atoms with Crippen LogP contribution in [0.3, 0.4) is 0 Å². The van der Waals surface area contributed by atoms with Crippen LogP contribution in [0.4, 0.5) is 15.8 Å². The molecule has 0 aliphatic carbocycles. The molecule has 0 aliphatic rings. The van der Waals surface area contributed by atoms with Crippen molar-refractivity contribution in [3.8, 4) is 0 Å². The Morgan fingerprint density at radius 1 is 1.24 bits per heavy atom. The molecular weight excluding hydrogens is 455 g/mol. The van der Waals surface area contributed by atoms with Gasteiger partial charge in [-0.05, 0) is 38.5 Å². The normalized spacial score (nSPS) is 11.7. The summed E-state index contributed by atoms with van der Waals surface area (Å²) in [7, 11) is 0. The maximum Gasteiger partial charge on any atom is 0.343 e. The Bertz CT molecular complexity index is 1230. The lowest BCUT2D eigenvalue weighted by Crippen LogP contribution is -2.30. The first-order valence-corrected chi connectivity index (χ1v) is 10.2. The number of nitro groups is 1. The summed E-state index contributed by atoms with van der Waals surface area (Å²) >= 11 is 6.36. The number of aromatic nitrogens is 2. The second-order valence-electron chi connectivity index (χ2n) is 7.35. The second kappa shape index (κ2) is 9.78. The van der Waals surface area contributed by atoms with Gasteiger partial charge < -0.3 is 10.1 Å². The molecule has 0 saturated carbocycles. The molecule has 0 saturated heterocycles. The highest BCUT2D eigenvalue weighted by Crippen LogP contribution is 2.24. The highest BCUT2D eigenvalue weighted by Gasteiger charge is 2.26. The number of aryl methyl sites for hydroxylation is 2. The van der Waals surface area contributed by atoms with Crippen LogP contribution in [0, 0.1) is 29.8 Å². The number of hydrogen-bond donors (Lipinski definition) is 1. The Balaban J connectivity index is 1.70. The fraction of sp³-hybridized carbons (Fsp3) is 0.227. The van der Waals surface area contributed by atoms with Crippen LogP contribution >= 0.6 is 11.6 Å². The van der Waals surface area contributed by atoms with Crippen LogP contribution in [0.25, 0.3) is 0 Å². The van der Waals surface area contributed by atoms with E-state index in [2.05, 4.69) is 10.4 Å². The van der Waals surface area contributed by atoms with Gasteiger partial charge in [-0.2, -0.15) is 9.49 Å². The van der Waals surface area contributed by atoms with Gasteiger partial charge in [0.05, 0.1) is 17.2 Å². The van der Waals surface area contributed by atoms with Gasteiger partial charge in [0, 0.05) is 11.8 Å². The number of anilines is 1. The number of halogens is 2. The van der Waals surface area contributed by atoms with E-state index in [4.69, 9.17) is 16.3 Å². The number of rotatable bonds is 7. The first kappa shape index (κ1) is 23.9. The zero-order chi connectivity index (χ0) is 24.3. The second-order valence-corrected chi connectivity index (χ2v) is 7.71. The lowest BCUT2D eigenvalue weighted by atomic mass is 10.1. The Labute approximate surface area is 193 Å². The number of nitro benzene ring substituents is 1. The molecule has 1 N–H and O–H groups in total. The Morgan fingerprint density at radius 2 is 1.91 bits per heavy atom. The summed E-state index contributed by atoms with van der Waals surface area (Å²) in [5, 5.41) is 17.6. The summed E-state index contributed by atoms with van der Waals surface area (Å²) in [6.45, 7) is 5.23. The third-order valence-electron chi connectivity index (χ3n) is 4.79. The minimum absolute atomic E-state index is 0.0175. The number of nitrogens with zero attached hydrogens (tertiary/aromatic N) is 3. The summed E-state index contributed by atoms with van der Waals surface area (Å²) in [6, 6.07) is 10.6. The number of benzene rings is 2. The van der Waals surface area contributed by atoms with E-state index in [-0.39, 0.29) is 16.4 Å². The van der Waals surface area contributed by atoms with Crippen molar-refractivity contribution in [2.45, 2.75) is 33.4 Å². The summed E-state index contributed by atoms with van der Waals surface area (Å²) in [6.07, 6.45) is -1.27. The van der Waals surface area contributed by atoms with Crippen molar-refractivity contribution in [2.24, 2.45) is 0 Å². The van der Waals surface area contributed by atoms with Crippen molar-refractivity contribution in [3.05, 3.63) is 85.9 Å². The fourth-order valence-electron chi connectivity index (χ4n) is 3.00. The smallest absolute Gasteiger partial charge is 0.343 e. The van der Waals surface area contributed by atoms with Gasteiger partial charge in [0.2, 0.25) is 5.82 Å². The number of carbonyl (C=O) groups is 2. The van der Waals surface area contributed by atoms with Crippen LogP contribution in [-0.4, -0.2) is 32.7 Å². The molecule has 0 bridgehead atoms. The fourth-order valence-corrected chi connectivity index (χ4v) is 3.32. The lowest BCUT2D eigenvalue weighted by Gasteiger charge is -2.13. The van der Waals surface area contributed by atoms with Gasteiger partial charge in [-0.15, -0.1) is 0 Å². The third kappa shape index (κ3) is 5.53. The van der Waals surface area contributed by atoms with Crippen LogP contribution in [0.1, 0.15) is 34.1 Å². The number of nitrogens with one attached hydrogen (secondary N) is 1. The largest absolute Gasteiger partial charge is 0.449 e. The summed E-state index contributed by atoms with van der Waals surface area (Å²) < 4.78 is 20.1. The first-order chi connectivity index (χ1) is 15.6. The third-order valence-corrected chi connectivity index (χ3v) is 5.17. The van der Waals surface area contributed by atoms with Gasteiger partial charge in [-0.1, -0.05) is 41.4 Å². The van der Waals surface area contributed by atoms with E-state index in [0.29, 0.717) is 12.2 Å². The predicted molar refractivity (Wildman–Crippen MR) is 119 cm³/mol. The van der Waals surface area contributed by atoms with E-state index in [0.717, 1.165) is 29.3 Å². The van der Waals surface area contributed by atoms with Gasteiger partial charge in [0.1, 0.15) is 10.7 Å². The number of amides is 1. The van der Waals surface area contributed by atoms with E-state index in [1.807, 2.05) is 31.2 Å². The van der Waals surface area contributed by atoms with E-state index < -0.39 is 34.4 Å². The van der Waals surface area contributed by atoms with E-state index in [1.54, 1.807) is 6.92 Å². The number of esters is 1. The molecule has 0 spiro atoms.